The maximum absolute atomic E-state index is 12.4. The predicted octanol–water partition coefficient (Wildman–Crippen LogP) is 4.26. The topological polar surface area (TPSA) is 55.3 Å². The third-order valence-electron chi connectivity index (χ3n) is 3.94. The number of hydrogen-bond acceptors (Lipinski definition) is 6. The van der Waals surface area contributed by atoms with Crippen LogP contribution in [0.2, 0.25) is 0 Å². The van der Waals surface area contributed by atoms with Gasteiger partial charge >= 0.3 is 0 Å². The van der Waals surface area contributed by atoms with Crippen LogP contribution in [0.5, 0.6) is 5.75 Å². The summed E-state index contributed by atoms with van der Waals surface area (Å²) < 4.78 is 6.63. The monoisotopic (exact) mass is 399 g/mol. The first-order valence-corrected chi connectivity index (χ1v) is 10.5. The van der Waals surface area contributed by atoms with Gasteiger partial charge < -0.3 is 9.64 Å². The molecular weight excluding hydrogens is 378 g/mol. The fraction of sp³-hybridized carbons (Fsp3) is 0.250. The molecule has 5 nitrogen and oxygen atoms in total. The van der Waals surface area contributed by atoms with E-state index in [2.05, 4.69) is 10.2 Å². The lowest BCUT2D eigenvalue weighted by molar-refractivity contribution is -0.128. The summed E-state index contributed by atoms with van der Waals surface area (Å²) in [5, 5.41) is 7.74. The van der Waals surface area contributed by atoms with Crippen molar-refractivity contribution in [2.45, 2.75) is 24.4 Å². The maximum Gasteiger partial charge on any atom is 0.233 e. The molecule has 7 heteroatoms. The van der Waals surface area contributed by atoms with Gasteiger partial charge in [-0.1, -0.05) is 65.6 Å². The minimum Gasteiger partial charge on any atom is -0.489 e. The van der Waals surface area contributed by atoms with Crippen LogP contribution in [0.3, 0.4) is 0 Å². The molecule has 2 aromatic carbocycles. The normalized spacial score (nSPS) is 10.6. The van der Waals surface area contributed by atoms with E-state index >= 15 is 0 Å². The van der Waals surface area contributed by atoms with Gasteiger partial charge in [-0.3, -0.25) is 4.79 Å². The Bertz CT molecular complexity index is 824. The highest BCUT2D eigenvalue weighted by atomic mass is 32.2. The van der Waals surface area contributed by atoms with E-state index in [4.69, 9.17) is 4.74 Å². The zero-order valence-corrected chi connectivity index (χ0v) is 16.7. The molecule has 0 radical (unpaired) electrons. The molecule has 140 valence electrons. The van der Waals surface area contributed by atoms with Gasteiger partial charge in [-0.05, 0) is 30.2 Å². The van der Waals surface area contributed by atoms with Crippen molar-refractivity contribution in [3.05, 3.63) is 71.2 Å². The van der Waals surface area contributed by atoms with E-state index in [1.807, 2.05) is 66.4 Å². The number of aromatic nitrogens is 2. The Morgan fingerprint density at radius 3 is 2.56 bits per heavy atom. The van der Waals surface area contributed by atoms with Crippen molar-refractivity contribution in [1.82, 2.24) is 15.1 Å². The van der Waals surface area contributed by atoms with Gasteiger partial charge in [-0.15, -0.1) is 10.2 Å². The van der Waals surface area contributed by atoms with Gasteiger partial charge in [0.15, 0.2) is 4.34 Å². The van der Waals surface area contributed by atoms with Crippen LogP contribution in [0.4, 0.5) is 0 Å². The largest absolute Gasteiger partial charge is 0.489 e. The molecule has 1 amide bonds. The smallest absolute Gasteiger partial charge is 0.233 e. The van der Waals surface area contributed by atoms with Crippen molar-refractivity contribution in [3.8, 4) is 5.75 Å². The molecule has 0 bridgehead atoms. The van der Waals surface area contributed by atoms with Crippen molar-refractivity contribution in [1.29, 1.82) is 0 Å². The zero-order chi connectivity index (χ0) is 18.9. The lowest BCUT2D eigenvalue weighted by Crippen LogP contribution is -2.31. The van der Waals surface area contributed by atoms with Crippen LogP contribution in [0, 0.1) is 0 Å². The molecule has 1 aromatic heterocycles. The Hall–Kier alpha value is -2.38. The Kier molecular flexibility index (Phi) is 7.24. The maximum atomic E-state index is 12.4. The highest BCUT2D eigenvalue weighted by molar-refractivity contribution is 8.01. The molecular formula is C20H21N3O2S2. The molecule has 0 spiro atoms. The zero-order valence-electron chi connectivity index (χ0n) is 15.1. The molecule has 0 unspecified atom stereocenters. The average molecular weight is 400 g/mol. The molecule has 0 saturated heterocycles. The van der Waals surface area contributed by atoms with Crippen LogP contribution in [0.15, 0.2) is 64.4 Å². The molecule has 0 saturated carbocycles. The Morgan fingerprint density at radius 1 is 1.11 bits per heavy atom. The first kappa shape index (κ1) is 19.4. The number of amides is 1. The molecule has 0 atom stereocenters. The number of benzene rings is 2. The summed E-state index contributed by atoms with van der Waals surface area (Å²) in [7, 11) is 0. The third-order valence-corrected chi connectivity index (χ3v) is 5.78. The number of thioether (sulfide) groups is 1. The van der Waals surface area contributed by atoms with Crippen LogP contribution >= 0.6 is 23.1 Å². The van der Waals surface area contributed by atoms with Gasteiger partial charge in [0.1, 0.15) is 17.9 Å². The number of rotatable bonds is 9. The molecule has 27 heavy (non-hydrogen) atoms. The lowest BCUT2D eigenvalue weighted by atomic mass is 10.2. The van der Waals surface area contributed by atoms with E-state index < -0.39 is 0 Å². The van der Waals surface area contributed by atoms with Crippen LogP contribution in [0.25, 0.3) is 0 Å². The Morgan fingerprint density at radius 2 is 1.89 bits per heavy atom. The van der Waals surface area contributed by atoms with Crippen molar-refractivity contribution < 1.29 is 9.53 Å². The first-order chi connectivity index (χ1) is 13.2. The molecule has 3 rings (SSSR count). The number of carbonyl (C=O) groups is 1. The van der Waals surface area contributed by atoms with E-state index in [0.717, 1.165) is 21.2 Å². The van der Waals surface area contributed by atoms with Gasteiger partial charge in [-0.2, -0.15) is 0 Å². The highest BCUT2D eigenvalue weighted by Gasteiger charge is 2.13. The Labute approximate surface area is 167 Å². The number of carbonyl (C=O) groups excluding carboxylic acids is 1. The van der Waals surface area contributed by atoms with E-state index in [0.29, 0.717) is 25.4 Å². The van der Waals surface area contributed by atoms with Crippen molar-refractivity contribution >= 4 is 29.0 Å². The standard InChI is InChI=1S/C20H21N3O2S2/c1-2-23(19(24)14-26-20-22-21-15-27-20)12-16-8-10-18(11-9-16)25-13-17-6-4-3-5-7-17/h3-11,15H,2,12-14H2,1H3. The van der Waals surface area contributed by atoms with E-state index in [9.17, 15) is 4.79 Å². The summed E-state index contributed by atoms with van der Waals surface area (Å²) in [6, 6.07) is 18.0. The average Bonchev–Trinajstić information content (AvgIpc) is 3.24. The van der Waals surface area contributed by atoms with Gasteiger partial charge in [0, 0.05) is 13.1 Å². The fourth-order valence-electron chi connectivity index (χ4n) is 2.47. The predicted molar refractivity (Wildman–Crippen MR) is 109 cm³/mol. The molecule has 3 aromatic rings. The van der Waals surface area contributed by atoms with Gasteiger partial charge in [-0.25, -0.2) is 0 Å². The summed E-state index contributed by atoms with van der Waals surface area (Å²) in [5.74, 6) is 1.30. The van der Waals surface area contributed by atoms with Crippen molar-refractivity contribution in [2.24, 2.45) is 0 Å². The second-order valence-corrected chi connectivity index (χ2v) is 7.88. The highest BCUT2D eigenvalue weighted by Crippen LogP contribution is 2.20. The van der Waals surface area contributed by atoms with Crippen LogP contribution < -0.4 is 4.74 Å². The van der Waals surface area contributed by atoms with Crippen LogP contribution in [-0.2, 0) is 17.9 Å². The van der Waals surface area contributed by atoms with E-state index in [1.165, 1.54) is 23.1 Å². The molecule has 0 aliphatic carbocycles. The summed E-state index contributed by atoms with van der Waals surface area (Å²) >= 11 is 2.88. The van der Waals surface area contributed by atoms with E-state index in [1.54, 1.807) is 5.51 Å². The molecule has 0 aliphatic rings. The Balaban J connectivity index is 1.50. The number of nitrogens with zero attached hydrogens (tertiary/aromatic N) is 3. The van der Waals surface area contributed by atoms with Crippen LogP contribution in [-0.4, -0.2) is 33.3 Å². The number of ether oxygens (including phenoxy) is 1. The first-order valence-electron chi connectivity index (χ1n) is 8.67. The summed E-state index contributed by atoms with van der Waals surface area (Å²) in [6.07, 6.45) is 0. The molecule has 1 heterocycles. The second-order valence-electron chi connectivity index (χ2n) is 5.82. The minimum absolute atomic E-state index is 0.0992. The third kappa shape index (κ3) is 6.08. The SMILES string of the molecule is CCN(Cc1ccc(OCc2ccccc2)cc1)C(=O)CSc1nncs1. The summed E-state index contributed by atoms with van der Waals surface area (Å²) in [5.41, 5.74) is 3.89. The van der Waals surface area contributed by atoms with E-state index in [-0.39, 0.29) is 5.91 Å². The van der Waals surface area contributed by atoms with Crippen molar-refractivity contribution in [2.75, 3.05) is 12.3 Å². The fourth-order valence-corrected chi connectivity index (χ4v) is 3.86. The minimum atomic E-state index is 0.0992. The second kappa shape index (κ2) is 10.1. The molecule has 0 N–H and O–H groups in total. The van der Waals surface area contributed by atoms with Gasteiger partial charge in [0.05, 0.1) is 5.75 Å². The molecule has 0 aliphatic heterocycles. The van der Waals surface area contributed by atoms with Crippen molar-refractivity contribution in [3.63, 3.8) is 0 Å². The summed E-state index contributed by atoms with van der Waals surface area (Å²) in [4.78, 5) is 14.3. The van der Waals surface area contributed by atoms with Gasteiger partial charge in [0.2, 0.25) is 5.91 Å². The summed E-state index contributed by atoms with van der Waals surface area (Å²) in [6.45, 7) is 3.79. The lowest BCUT2D eigenvalue weighted by Gasteiger charge is -2.20. The number of hydrogen-bond donors (Lipinski definition) is 0. The van der Waals surface area contributed by atoms with Crippen LogP contribution in [0.1, 0.15) is 18.1 Å². The quantitative estimate of drug-likeness (QED) is 0.503. The molecule has 0 fully saturated rings. The van der Waals surface area contributed by atoms with Gasteiger partial charge in [0.25, 0.3) is 0 Å².